The quantitative estimate of drug-likeness (QED) is 0.756. The van der Waals surface area contributed by atoms with Crippen molar-refractivity contribution in [2.24, 2.45) is 5.92 Å². The van der Waals surface area contributed by atoms with Crippen LogP contribution >= 0.6 is 0 Å². The van der Waals surface area contributed by atoms with Crippen LogP contribution in [0.25, 0.3) is 16.8 Å². The Morgan fingerprint density at radius 2 is 2.11 bits per heavy atom. The van der Waals surface area contributed by atoms with Crippen LogP contribution in [0.5, 0.6) is 0 Å². The van der Waals surface area contributed by atoms with Gasteiger partial charge >= 0.3 is 6.18 Å². The standard InChI is InChI=1S/C17H17F3N6O/c18-17(19,20)10-24-15(27)11-2-1-6-25(9-11)13-3-4-21-12-8-23-16-22-5-7-26(16)14(12)13/h3-5,7-8,11H,1-2,6,9-10H2,(H,24,27). The number of hydrogen-bond acceptors (Lipinski definition) is 5. The van der Waals surface area contributed by atoms with Gasteiger partial charge in [-0.2, -0.15) is 13.2 Å². The maximum atomic E-state index is 12.4. The summed E-state index contributed by atoms with van der Waals surface area (Å²) in [5.74, 6) is -0.525. The normalized spacial score (nSPS) is 18.2. The Morgan fingerprint density at radius 3 is 2.93 bits per heavy atom. The van der Waals surface area contributed by atoms with Gasteiger partial charge in [-0.15, -0.1) is 0 Å². The number of carbonyl (C=O) groups excluding carboxylic acids is 1. The molecule has 1 fully saturated rings. The zero-order chi connectivity index (χ0) is 19.0. The van der Waals surface area contributed by atoms with E-state index in [1.54, 1.807) is 24.8 Å². The number of nitrogens with zero attached hydrogens (tertiary/aromatic N) is 5. The Hall–Kier alpha value is -2.91. The fourth-order valence-electron chi connectivity index (χ4n) is 3.48. The van der Waals surface area contributed by atoms with Gasteiger partial charge in [0, 0.05) is 31.7 Å². The summed E-state index contributed by atoms with van der Waals surface area (Å²) in [7, 11) is 0. The smallest absolute Gasteiger partial charge is 0.369 e. The molecule has 4 heterocycles. The number of carbonyl (C=O) groups is 1. The van der Waals surface area contributed by atoms with Gasteiger partial charge in [0.1, 0.15) is 12.1 Å². The predicted molar refractivity (Wildman–Crippen MR) is 92.3 cm³/mol. The number of hydrogen-bond donors (Lipinski definition) is 1. The zero-order valence-corrected chi connectivity index (χ0v) is 14.3. The molecule has 1 N–H and O–H groups in total. The first-order valence-corrected chi connectivity index (χ1v) is 8.58. The second-order valence-corrected chi connectivity index (χ2v) is 6.54. The molecule has 0 bridgehead atoms. The second kappa shape index (κ2) is 6.67. The lowest BCUT2D eigenvalue weighted by atomic mass is 9.96. The molecule has 0 saturated carbocycles. The number of pyridine rings is 1. The second-order valence-electron chi connectivity index (χ2n) is 6.54. The number of aromatic nitrogens is 4. The summed E-state index contributed by atoms with van der Waals surface area (Å²) in [6.07, 6.45) is 3.59. The highest BCUT2D eigenvalue weighted by molar-refractivity contribution is 5.89. The van der Waals surface area contributed by atoms with E-state index in [2.05, 4.69) is 15.0 Å². The molecule has 0 radical (unpaired) electrons. The Bertz CT molecular complexity index is 986. The highest BCUT2D eigenvalue weighted by Gasteiger charge is 2.32. The summed E-state index contributed by atoms with van der Waals surface area (Å²) in [4.78, 5) is 27.0. The van der Waals surface area contributed by atoms with E-state index < -0.39 is 24.5 Å². The largest absolute Gasteiger partial charge is 0.405 e. The summed E-state index contributed by atoms with van der Waals surface area (Å²) in [6.45, 7) is -0.246. The summed E-state index contributed by atoms with van der Waals surface area (Å²) < 4.78 is 38.9. The molecule has 1 unspecified atom stereocenters. The van der Waals surface area contributed by atoms with E-state index in [0.29, 0.717) is 37.2 Å². The highest BCUT2D eigenvalue weighted by atomic mass is 19.4. The molecule has 0 aliphatic carbocycles. The molecule has 3 aromatic heterocycles. The molecular formula is C17H17F3N6O. The van der Waals surface area contributed by atoms with E-state index in [1.807, 2.05) is 20.7 Å². The lowest BCUT2D eigenvalue weighted by Crippen LogP contribution is -2.45. The summed E-state index contributed by atoms with van der Waals surface area (Å²) in [6, 6.07) is 1.85. The monoisotopic (exact) mass is 378 g/mol. The van der Waals surface area contributed by atoms with Gasteiger partial charge in [-0.1, -0.05) is 0 Å². The van der Waals surface area contributed by atoms with E-state index in [4.69, 9.17) is 0 Å². The Labute approximate surface area is 152 Å². The van der Waals surface area contributed by atoms with Crippen LogP contribution in [-0.4, -0.2) is 51.1 Å². The summed E-state index contributed by atoms with van der Waals surface area (Å²) >= 11 is 0. The lowest BCUT2D eigenvalue weighted by Gasteiger charge is -2.34. The van der Waals surface area contributed by atoms with E-state index >= 15 is 0 Å². The molecule has 1 aliphatic rings. The van der Waals surface area contributed by atoms with Gasteiger partial charge < -0.3 is 10.2 Å². The van der Waals surface area contributed by atoms with Crippen molar-refractivity contribution in [2.45, 2.75) is 19.0 Å². The first-order valence-electron chi connectivity index (χ1n) is 8.58. The number of amides is 1. The van der Waals surface area contributed by atoms with E-state index in [9.17, 15) is 18.0 Å². The Balaban J connectivity index is 1.62. The van der Waals surface area contributed by atoms with Crippen LogP contribution in [0.2, 0.25) is 0 Å². The average Bonchev–Trinajstić information content (AvgIpc) is 3.14. The summed E-state index contributed by atoms with van der Waals surface area (Å²) in [5, 5.41) is 2.00. The maximum Gasteiger partial charge on any atom is 0.405 e. The average molecular weight is 378 g/mol. The fraction of sp³-hybridized carbons (Fsp3) is 0.412. The molecule has 1 atom stereocenters. The molecule has 0 aromatic carbocycles. The number of fused-ring (bicyclic) bond motifs is 3. The van der Waals surface area contributed by atoms with Crippen molar-refractivity contribution in [1.29, 1.82) is 0 Å². The third-order valence-electron chi connectivity index (χ3n) is 4.69. The number of piperidine rings is 1. The SMILES string of the molecule is O=C(NCC(F)(F)F)C1CCCN(c2ccnc3cnc4nccn4c23)C1. The van der Waals surface area contributed by atoms with Crippen LogP contribution < -0.4 is 10.2 Å². The number of halogens is 3. The van der Waals surface area contributed by atoms with E-state index in [1.165, 1.54) is 0 Å². The van der Waals surface area contributed by atoms with Gasteiger partial charge in [0.05, 0.1) is 23.3 Å². The Morgan fingerprint density at radius 1 is 1.26 bits per heavy atom. The van der Waals surface area contributed by atoms with Gasteiger partial charge in [-0.25, -0.2) is 9.97 Å². The topological polar surface area (TPSA) is 75.4 Å². The molecule has 1 amide bonds. The van der Waals surface area contributed by atoms with Gasteiger partial charge in [-0.05, 0) is 18.9 Å². The maximum absolute atomic E-state index is 12.4. The van der Waals surface area contributed by atoms with Crippen LogP contribution in [0.1, 0.15) is 12.8 Å². The Kier molecular flexibility index (Phi) is 4.33. The minimum absolute atomic E-state index is 0.349. The van der Waals surface area contributed by atoms with Crippen molar-refractivity contribution >= 4 is 28.4 Å². The van der Waals surface area contributed by atoms with Crippen LogP contribution in [-0.2, 0) is 4.79 Å². The van der Waals surface area contributed by atoms with Crippen molar-refractivity contribution in [3.05, 3.63) is 30.9 Å². The van der Waals surface area contributed by atoms with Crippen molar-refractivity contribution < 1.29 is 18.0 Å². The van der Waals surface area contributed by atoms with Gasteiger partial charge in [0.2, 0.25) is 11.7 Å². The number of imidazole rings is 1. The predicted octanol–water partition coefficient (Wildman–Crippen LogP) is 2.17. The minimum Gasteiger partial charge on any atom is -0.369 e. The molecule has 0 spiro atoms. The van der Waals surface area contributed by atoms with Crippen molar-refractivity contribution in [3.63, 3.8) is 0 Å². The fourth-order valence-corrected chi connectivity index (χ4v) is 3.48. The molecule has 1 aliphatic heterocycles. The van der Waals surface area contributed by atoms with Crippen LogP contribution in [0.3, 0.4) is 0 Å². The third kappa shape index (κ3) is 3.51. The molecule has 142 valence electrons. The van der Waals surface area contributed by atoms with Crippen molar-refractivity contribution in [1.82, 2.24) is 24.7 Å². The molecule has 10 heteroatoms. The van der Waals surface area contributed by atoms with Crippen LogP contribution in [0.15, 0.2) is 30.9 Å². The molecule has 3 aromatic rings. The zero-order valence-electron chi connectivity index (χ0n) is 14.3. The third-order valence-corrected chi connectivity index (χ3v) is 4.69. The first-order chi connectivity index (χ1) is 12.9. The van der Waals surface area contributed by atoms with Crippen LogP contribution in [0, 0.1) is 5.92 Å². The minimum atomic E-state index is -4.41. The molecule has 1 saturated heterocycles. The molecular weight excluding hydrogens is 361 g/mol. The number of rotatable bonds is 3. The van der Waals surface area contributed by atoms with E-state index in [-0.39, 0.29) is 0 Å². The number of alkyl halides is 3. The molecule has 4 rings (SSSR count). The van der Waals surface area contributed by atoms with Crippen molar-refractivity contribution in [2.75, 3.05) is 24.5 Å². The lowest BCUT2D eigenvalue weighted by molar-refractivity contribution is -0.140. The number of nitrogens with one attached hydrogen (secondary N) is 1. The first kappa shape index (κ1) is 17.5. The highest BCUT2D eigenvalue weighted by Crippen LogP contribution is 2.29. The number of anilines is 1. The molecule has 7 nitrogen and oxygen atoms in total. The molecule has 27 heavy (non-hydrogen) atoms. The van der Waals surface area contributed by atoms with Gasteiger partial charge in [-0.3, -0.25) is 14.2 Å². The van der Waals surface area contributed by atoms with Gasteiger partial charge in [0.15, 0.2) is 0 Å². The van der Waals surface area contributed by atoms with E-state index in [0.717, 1.165) is 11.2 Å². The van der Waals surface area contributed by atoms with Crippen molar-refractivity contribution in [3.8, 4) is 0 Å². The van der Waals surface area contributed by atoms with Crippen LogP contribution in [0.4, 0.5) is 18.9 Å². The van der Waals surface area contributed by atoms with Gasteiger partial charge in [0.25, 0.3) is 0 Å². The summed E-state index contributed by atoms with van der Waals surface area (Å²) in [5.41, 5.74) is 2.36.